The first-order valence-corrected chi connectivity index (χ1v) is 6.01. The van der Waals surface area contributed by atoms with E-state index in [0.29, 0.717) is 0 Å². The Morgan fingerprint density at radius 1 is 0.933 bits per heavy atom. The molecule has 1 aliphatic heterocycles. The molecule has 0 aromatic heterocycles. The molecule has 1 heteroatoms. The smallest absolute Gasteiger partial charge is 0.0601 e. The van der Waals surface area contributed by atoms with Crippen molar-refractivity contribution in [1.82, 2.24) is 4.90 Å². The van der Waals surface area contributed by atoms with E-state index in [4.69, 9.17) is 0 Å². The topological polar surface area (TPSA) is 3.24 Å². The van der Waals surface area contributed by atoms with Crippen molar-refractivity contribution in [3.8, 4) is 23.7 Å². The molecule has 0 aromatic carbocycles. The molecule has 0 amide bonds. The predicted octanol–water partition coefficient (Wildman–Crippen LogP) is 2.67. The number of piperidine rings is 1. The summed E-state index contributed by atoms with van der Waals surface area (Å²) >= 11 is 0. The molecule has 0 saturated carbocycles. The van der Waals surface area contributed by atoms with Crippen molar-refractivity contribution in [1.29, 1.82) is 0 Å². The fraction of sp³-hybridized carbons (Fsp3) is 0.714. The molecule has 1 rings (SSSR count). The van der Waals surface area contributed by atoms with Crippen LogP contribution < -0.4 is 0 Å². The third kappa shape index (κ3) is 6.21. The molecule has 1 fully saturated rings. The van der Waals surface area contributed by atoms with E-state index in [1.54, 1.807) is 0 Å². The van der Waals surface area contributed by atoms with Gasteiger partial charge in [0.2, 0.25) is 0 Å². The van der Waals surface area contributed by atoms with Gasteiger partial charge in [-0.15, -0.1) is 17.8 Å². The summed E-state index contributed by atoms with van der Waals surface area (Å²) in [7, 11) is 0. The average Bonchev–Trinajstić information content (AvgIpc) is 2.29. The van der Waals surface area contributed by atoms with Crippen molar-refractivity contribution in [3.63, 3.8) is 0 Å². The molecule has 1 saturated heterocycles. The van der Waals surface area contributed by atoms with E-state index in [2.05, 4.69) is 28.6 Å². The zero-order valence-corrected chi connectivity index (χ0v) is 9.81. The number of hydrogen-bond acceptors (Lipinski definition) is 1. The molecule has 0 aromatic rings. The Bertz CT molecular complexity index is 265. The molecule has 0 bridgehead atoms. The predicted molar refractivity (Wildman–Crippen MR) is 65.4 cm³/mol. The Morgan fingerprint density at radius 3 is 2.40 bits per heavy atom. The van der Waals surface area contributed by atoms with Crippen LogP contribution in [-0.4, -0.2) is 24.5 Å². The van der Waals surface area contributed by atoms with Crippen LogP contribution in [0, 0.1) is 23.7 Å². The molecular formula is C14H21N. The number of nitrogens with zero attached hydrogens (tertiary/aromatic N) is 1. The van der Waals surface area contributed by atoms with Crippen molar-refractivity contribution < 1.29 is 0 Å². The highest BCUT2D eigenvalue weighted by atomic mass is 15.1. The standard InChI is InChI=1S/C14H21N/c1-2-3-4-5-6-7-9-12-15-13-10-8-11-14-15/h4-6,8,10-14H2,1H3. The van der Waals surface area contributed by atoms with Crippen LogP contribution in [0.2, 0.25) is 0 Å². The number of likely N-dealkylation sites (tertiary alicyclic amines) is 1. The lowest BCUT2D eigenvalue weighted by molar-refractivity contribution is 0.255. The fourth-order valence-corrected chi connectivity index (χ4v) is 1.76. The maximum Gasteiger partial charge on any atom is 0.0601 e. The molecule has 0 aliphatic carbocycles. The first-order chi connectivity index (χ1) is 7.43. The van der Waals surface area contributed by atoms with Crippen molar-refractivity contribution in [2.24, 2.45) is 0 Å². The maximum absolute atomic E-state index is 3.26. The van der Waals surface area contributed by atoms with Gasteiger partial charge in [0.1, 0.15) is 0 Å². The minimum atomic E-state index is 0.972. The number of hydrogen-bond donors (Lipinski definition) is 0. The van der Waals surface area contributed by atoms with Gasteiger partial charge in [-0.25, -0.2) is 0 Å². The Labute approximate surface area is 94.2 Å². The summed E-state index contributed by atoms with van der Waals surface area (Å²) in [4.78, 5) is 2.46. The molecule has 0 spiro atoms. The molecule has 15 heavy (non-hydrogen) atoms. The van der Waals surface area contributed by atoms with Gasteiger partial charge in [0.05, 0.1) is 6.54 Å². The third-order valence-electron chi connectivity index (χ3n) is 2.66. The third-order valence-corrected chi connectivity index (χ3v) is 2.66. The maximum atomic E-state index is 3.26. The van der Waals surface area contributed by atoms with Gasteiger partial charge < -0.3 is 0 Å². The first-order valence-electron chi connectivity index (χ1n) is 6.01. The van der Waals surface area contributed by atoms with Crippen LogP contribution in [0.4, 0.5) is 0 Å². The fourth-order valence-electron chi connectivity index (χ4n) is 1.76. The quantitative estimate of drug-likeness (QED) is 0.503. The molecular weight excluding hydrogens is 182 g/mol. The van der Waals surface area contributed by atoms with Gasteiger partial charge in [0, 0.05) is 12.8 Å². The van der Waals surface area contributed by atoms with Crippen LogP contribution in [0.3, 0.4) is 0 Å². The van der Waals surface area contributed by atoms with E-state index >= 15 is 0 Å². The second-order valence-corrected chi connectivity index (χ2v) is 3.97. The van der Waals surface area contributed by atoms with Crippen LogP contribution in [0.1, 0.15) is 45.4 Å². The number of rotatable bonds is 3. The molecule has 1 nitrogen and oxygen atoms in total. The Kier molecular flexibility index (Phi) is 6.80. The monoisotopic (exact) mass is 203 g/mol. The lowest BCUT2D eigenvalue weighted by Gasteiger charge is -2.23. The van der Waals surface area contributed by atoms with Gasteiger partial charge >= 0.3 is 0 Å². The second kappa shape index (κ2) is 8.39. The van der Waals surface area contributed by atoms with E-state index < -0.39 is 0 Å². The largest absolute Gasteiger partial charge is 0.292 e. The van der Waals surface area contributed by atoms with Crippen molar-refractivity contribution in [2.45, 2.75) is 45.4 Å². The minimum absolute atomic E-state index is 0.972. The average molecular weight is 203 g/mol. The van der Waals surface area contributed by atoms with Gasteiger partial charge in [0.25, 0.3) is 0 Å². The molecule has 0 N–H and O–H groups in total. The van der Waals surface area contributed by atoms with E-state index in [0.717, 1.165) is 25.8 Å². The zero-order chi connectivity index (χ0) is 10.8. The van der Waals surface area contributed by atoms with Gasteiger partial charge in [-0.1, -0.05) is 12.3 Å². The van der Waals surface area contributed by atoms with Gasteiger partial charge in [0.15, 0.2) is 0 Å². The van der Waals surface area contributed by atoms with Gasteiger partial charge in [-0.2, -0.15) is 0 Å². The molecule has 0 atom stereocenters. The Hall–Kier alpha value is -0.920. The van der Waals surface area contributed by atoms with Crippen LogP contribution in [0.25, 0.3) is 0 Å². The summed E-state index contributed by atoms with van der Waals surface area (Å²) in [6.45, 7) is 5.35. The summed E-state index contributed by atoms with van der Waals surface area (Å²) < 4.78 is 0. The Balaban J connectivity index is 2.01. The number of unbranched alkanes of at least 4 members (excludes halogenated alkanes) is 2. The zero-order valence-electron chi connectivity index (χ0n) is 9.81. The highest BCUT2D eigenvalue weighted by Gasteiger charge is 2.07. The summed E-state index contributed by atoms with van der Waals surface area (Å²) in [5.74, 6) is 12.5. The highest BCUT2D eigenvalue weighted by molar-refractivity contribution is 5.02. The van der Waals surface area contributed by atoms with Crippen LogP contribution in [-0.2, 0) is 0 Å². The highest BCUT2D eigenvalue weighted by Crippen LogP contribution is 2.07. The molecule has 1 aliphatic rings. The first kappa shape index (κ1) is 12.2. The van der Waals surface area contributed by atoms with Crippen LogP contribution in [0.15, 0.2) is 0 Å². The molecule has 0 radical (unpaired) electrons. The van der Waals surface area contributed by atoms with E-state index in [1.165, 1.54) is 32.4 Å². The van der Waals surface area contributed by atoms with Gasteiger partial charge in [-0.3, -0.25) is 4.90 Å². The summed E-state index contributed by atoms with van der Waals surface area (Å²) in [6, 6.07) is 0. The van der Waals surface area contributed by atoms with Crippen molar-refractivity contribution in [3.05, 3.63) is 0 Å². The Morgan fingerprint density at radius 2 is 1.67 bits per heavy atom. The molecule has 82 valence electrons. The lowest BCUT2D eigenvalue weighted by atomic mass is 10.1. The van der Waals surface area contributed by atoms with Crippen molar-refractivity contribution in [2.75, 3.05) is 19.6 Å². The minimum Gasteiger partial charge on any atom is -0.292 e. The van der Waals surface area contributed by atoms with Crippen molar-refractivity contribution >= 4 is 0 Å². The van der Waals surface area contributed by atoms with Crippen LogP contribution in [0.5, 0.6) is 0 Å². The summed E-state index contributed by atoms with van der Waals surface area (Å²) in [5, 5.41) is 0. The summed E-state index contributed by atoms with van der Waals surface area (Å²) in [6.07, 6.45) is 7.23. The van der Waals surface area contributed by atoms with Gasteiger partial charge in [-0.05, 0) is 39.3 Å². The molecule has 0 unspecified atom stereocenters. The van der Waals surface area contributed by atoms with E-state index in [-0.39, 0.29) is 0 Å². The SMILES string of the molecule is CC#CCCCC#CCN1CCCCC1. The normalized spacial score (nSPS) is 16.1. The second-order valence-electron chi connectivity index (χ2n) is 3.97. The van der Waals surface area contributed by atoms with E-state index in [1.807, 2.05) is 6.92 Å². The van der Waals surface area contributed by atoms with Crippen LogP contribution >= 0.6 is 0 Å². The van der Waals surface area contributed by atoms with E-state index in [9.17, 15) is 0 Å². The summed E-state index contributed by atoms with van der Waals surface area (Å²) in [5.41, 5.74) is 0. The lowest BCUT2D eigenvalue weighted by Crippen LogP contribution is -2.29. The molecule has 1 heterocycles.